The molecule has 1 N–H and O–H groups in total. The van der Waals surface area contributed by atoms with E-state index in [1.54, 1.807) is 0 Å². The molecular weight excluding hydrogens is 409 g/mol. The van der Waals surface area contributed by atoms with Gasteiger partial charge in [0, 0.05) is 30.8 Å². The van der Waals surface area contributed by atoms with Gasteiger partial charge in [0.1, 0.15) is 5.69 Å². The van der Waals surface area contributed by atoms with Gasteiger partial charge in [0.2, 0.25) is 0 Å². The Hall–Kier alpha value is -1.95. The number of rotatable bonds is 8. The van der Waals surface area contributed by atoms with E-state index >= 15 is 0 Å². The van der Waals surface area contributed by atoms with Crippen LogP contribution in [0.2, 0.25) is 10.0 Å². The zero-order valence-corrected chi connectivity index (χ0v) is 19.0. The Kier molecular flexibility index (Phi) is 8.20. The highest BCUT2D eigenvalue weighted by Crippen LogP contribution is 2.21. The number of halogens is 2. The number of aryl methyl sites for hydroxylation is 2. The number of amides is 1. The number of likely N-dealkylation sites (N-methyl/N-ethyl adjacent to an activating group) is 1. The zero-order chi connectivity index (χ0) is 21.7. The Bertz CT molecular complexity index is 890. The molecule has 1 heterocycles. The molecule has 1 atom stereocenters. The van der Waals surface area contributed by atoms with Gasteiger partial charge in [-0.3, -0.25) is 9.59 Å². The molecule has 29 heavy (non-hydrogen) atoms. The van der Waals surface area contributed by atoms with Gasteiger partial charge in [-0.25, -0.2) is 4.98 Å². The van der Waals surface area contributed by atoms with Gasteiger partial charge >= 0.3 is 0 Å². The van der Waals surface area contributed by atoms with Crippen molar-refractivity contribution in [3.05, 3.63) is 62.4 Å². The van der Waals surface area contributed by atoms with Gasteiger partial charge in [0.25, 0.3) is 5.91 Å². The molecule has 0 fully saturated rings. The van der Waals surface area contributed by atoms with Crippen LogP contribution in [0.15, 0.2) is 24.4 Å². The first kappa shape index (κ1) is 23.3. The van der Waals surface area contributed by atoms with Crippen LogP contribution in [0, 0.1) is 13.8 Å². The first-order valence-electron chi connectivity index (χ1n) is 9.53. The van der Waals surface area contributed by atoms with Crippen molar-refractivity contribution in [1.82, 2.24) is 15.2 Å². The van der Waals surface area contributed by atoms with E-state index in [-0.39, 0.29) is 28.4 Å². The fraction of sp³-hybridized carbons (Fsp3) is 0.409. The van der Waals surface area contributed by atoms with Gasteiger partial charge in [-0.05, 0) is 69.3 Å². The first-order chi connectivity index (χ1) is 13.6. The fourth-order valence-corrected chi connectivity index (χ4v) is 3.70. The molecule has 5 nitrogen and oxygen atoms in total. The van der Waals surface area contributed by atoms with Crippen LogP contribution in [0.1, 0.15) is 50.9 Å². The molecule has 0 saturated carbocycles. The smallest absolute Gasteiger partial charge is 0.271 e. The summed E-state index contributed by atoms with van der Waals surface area (Å²) in [6.07, 6.45) is 2.64. The van der Waals surface area contributed by atoms with Gasteiger partial charge in [0.15, 0.2) is 5.78 Å². The number of carbonyl (C=O) groups excluding carboxylic acids is 2. The Morgan fingerprint density at radius 3 is 2.28 bits per heavy atom. The van der Waals surface area contributed by atoms with Crippen molar-refractivity contribution in [2.24, 2.45) is 0 Å². The molecule has 0 aliphatic rings. The molecule has 1 aromatic heterocycles. The standard InChI is InChI=1S/C22H27Cl2N3O2/c1-6-20(28)15-7-13(2)18(14(3)8-15)10-17(27(4)5)12-26-22(29)21-19(24)9-16(23)11-25-21/h7-9,11,17H,6,10,12H2,1-5H3,(H,26,29)/t17-/m0/s1. The fourth-order valence-electron chi connectivity index (χ4n) is 3.23. The minimum atomic E-state index is -0.337. The summed E-state index contributed by atoms with van der Waals surface area (Å²) < 4.78 is 0. The van der Waals surface area contributed by atoms with Crippen LogP contribution < -0.4 is 5.32 Å². The lowest BCUT2D eigenvalue weighted by Crippen LogP contribution is -2.42. The summed E-state index contributed by atoms with van der Waals surface area (Å²) in [7, 11) is 3.95. The average Bonchev–Trinajstić information content (AvgIpc) is 2.65. The molecule has 2 aromatic rings. The molecule has 156 valence electrons. The summed E-state index contributed by atoms with van der Waals surface area (Å²) in [5, 5.41) is 3.52. The van der Waals surface area contributed by atoms with Crippen molar-refractivity contribution >= 4 is 34.9 Å². The quantitative estimate of drug-likeness (QED) is 0.619. The Morgan fingerprint density at radius 2 is 1.76 bits per heavy atom. The second-order valence-electron chi connectivity index (χ2n) is 7.38. The van der Waals surface area contributed by atoms with E-state index in [1.165, 1.54) is 17.8 Å². The Labute approximate surface area is 182 Å². The third kappa shape index (κ3) is 6.01. The summed E-state index contributed by atoms with van der Waals surface area (Å²) in [5.74, 6) is -0.192. The first-order valence-corrected chi connectivity index (χ1v) is 10.3. The highest BCUT2D eigenvalue weighted by molar-refractivity contribution is 6.36. The number of Topliss-reactive ketones (excluding diaryl/α,β-unsaturated/α-hetero) is 1. The van der Waals surface area contributed by atoms with E-state index in [9.17, 15) is 9.59 Å². The van der Waals surface area contributed by atoms with Crippen molar-refractivity contribution in [2.45, 2.75) is 39.7 Å². The maximum absolute atomic E-state index is 12.5. The second-order valence-corrected chi connectivity index (χ2v) is 8.22. The summed E-state index contributed by atoms with van der Waals surface area (Å²) in [6.45, 7) is 6.35. The van der Waals surface area contributed by atoms with Crippen LogP contribution >= 0.6 is 23.2 Å². The summed E-state index contributed by atoms with van der Waals surface area (Å²) in [6, 6.07) is 5.48. The largest absolute Gasteiger partial charge is 0.349 e. The van der Waals surface area contributed by atoms with Crippen LogP contribution in [0.3, 0.4) is 0 Å². The van der Waals surface area contributed by atoms with E-state index in [0.717, 1.165) is 23.1 Å². The van der Waals surface area contributed by atoms with Crippen molar-refractivity contribution in [3.63, 3.8) is 0 Å². The predicted molar refractivity (Wildman–Crippen MR) is 118 cm³/mol. The second kappa shape index (κ2) is 10.2. The molecule has 7 heteroatoms. The number of pyridine rings is 1. The van der Waals surface area contributed by atoms with Crippen molar-refractivity contribution in [2.75, 3.05) is 20.6 Å². The van der Waals surface area contributed by atoms with Crippen molar-refractivity contribution < 1.29 is 9.59 Å². The number of carbonyl (C=O) groups is 2. The molecule has 0 radical (unpaired) electrons. The molecule has 1 amide bonds. The summed E-state index contributed by atoms with van der Waals surface area (Å²) in [4.78, 5) is 30.6. The highest BCUT2D eigenvalue weighted by atomic mass is 35.5. The predicted octanol–water partition coefficient (Wildman–Crippen LogP) is 4.50. The minimum absolute atomic E-state index is 0.0650. The molecule has 0 bridgehead atoms. The molecule has 1 aromatic carbocycles. The number of hydrogen-bond acceptors (Lipinski definition) is 4. The lowest BCUT2D eigenvalue weighted by molar-refractivity contribution is 0.0935. The topological polar surface area (TPSA) is 62.3 Å². The molecule has 0 aliphatic heterocycles. The van der Waals surface area contributed by atoms with Crippen molar-refractivity contribution in [1.29, 1.82) is 0 Å². The average molecular weight is 436 g/mol. The maximum atomic E-state index is 12.5. The highest BCUT2D eigenvalue weighted by Gasteiger charge is 2.19. The summed E-state index contributed by atoms with van der Waals surface area (Å²) in [5.41, 5.74) is 4.27. The lowest BCUT2D eigenvalue weighted by atomic mass is 9.92. The molecule has 0 aliphatic carbocycles. The monoisotopic (exact) mass is 435 g/mol. The number of nitrogens with zero attached hydrogens (tertiary/aromatic N) is 2. The van der Waals surface area contributed by atoms with Crippen molar-refractivity contribution in [3.8, 4) is 0 Å². The van der Waals surface area contributed by atoms with E-state index in [4.69, 9.17) is 23.2 Å². The summed E-state index contributed by atoms with van der Waals surface area (Å²) >= 11 is 11.9. The SMILES string of the molecule is CCC(=O)c1cc(C)c(C[C@@H](CNC(=O)c2ncc(Cl)cc2Cl)N(C)C)c(C)c1. The van der Waals surface area contributed by atoms with Gasteiger partial charge in [-0.1, -0.05) is 30.1 Å². The maximum Gasteiger partial charge on any atom is 0.271 e. The Morgan fingerprint density at radius 1 is 1.14 bits per heavy atom. The number of aromatic nitrogens is 1. The van der Waals surface area contributed by atoms with Crippen LogP contribution in [0.25, 0.3) is 0 Å². The van der Waals surface area contributed by atoms with E-state index in [1.807, 2.05) is 47.0 Å². The molecule has 0 spiro atoms. The van der Waals surface area contributed by atoms with Gasteiger partial charge in [0.05, 0.1) is 10.0 Å². The molecule has 0 saturated heterocycles. The third-order valence-electron chi connectivity index (χ3n) is 5.03. The number of hydrogen-bond donors (Lipinski definition) is 1. The minimum Gasteiger partial charge on any atom is -0.349 e. The van der Waals surface area contributed by atoms with E-state index in [0.29, 0.717) is 18.0 Å². The van der Waals surface area contributed by atoms with E-state index in [2.05, 4.69) is 15.2 Å². The van der Waals surface area contributed by atoms with Crippen LogP contribution in [-0.2, 0) is 6.42 Å². The number of nitrogens with one attached hydrogen (secondary N) is 1. The third-order valence-corrected chi connectivity index (χ3v) is 5.53. The number of benzene rings is 1. The normalized spacial score (nSPS) is 12.1. The van der Waals surface area contributed by atoms with Crippen LogP contribution in [0.5, 0.6) is 0 Å². The van der Waals surface area contributed by atoms with Gasteiger partial charge < -0.3 is 10.2 Å². The number of ketones is 1. The van der Waals surface area contributed by atoms with Gasteiger partial charge in [-0.15, -0.1) is 0 Å². The molecule has 0 unspecified atom stereocenters. The molecule has 2 rings (SSSR count). The van der Waals surface area contributed by atoms with Crippen LogP contribution in [0.4, 0.5) is 0 Å². The lowest BCUT2D eigenvalue weighted by Gasteiger charge is -2.26. The van der Waals surface area contributed by atoms with Gasteiger partial charge in [-0.2, -0.15) is 0 Å². The zero-order valence-electron chi connectivity index (χ0n) is 17.5. The van der Waals surface area contributed by atoms with Crippen LogP contribution in [-0.4, -0.2) is 48.3 Å². The van der Waals surface area contributed by atoms with E-state index < -0.39 is 0 Å². The molecular formula is C22H27Cl2N3O2. The Balaban J connectivity index is 2.14.